The molecule has 1 unspecified atom stereocenters. The molecule has 4 heterocycles. The number of benzene rings is 2. The van der Waals surface area contributed by atoms with Crippen LogP contribution >= 0.6 is 23.4 Å². The lowest BCUT2D eigenvalue weighted by molar-refractivity contribution is -0.123. The highest BCUT2D eigenvalue weighted by Crippen LogP contribution is 2.50. The average molecular weight is 593 g/mol. The number of halogens is 1. The summed E-state index contributed by atoms with van der Waals surface area (Å²) in [6.07, 6.45) is 1.55. The standard InChI is InChI=1S/C30H29ClN4O5S/c1-30(2,3)28-26-27(18-10-11-22-23(13-18)40-17-39-22)41-16-25(37)34(15-24(36)32-14-19-7-6-12-38-19)29(26)35(33-28)21-9-5-4-8-20(21)31/h4-13,27H,14-17H2,1-3H3,(H,32,36). The number of hydrogen-bond acceptors (Lipinski definition) is 7. The molecule has 11 heteroatoms. The molecule has 0 fully saturated rings. The minimum absolute atomic E-state index is 0.158. The lowest BCUT2D eigenvalue weighted by atomic mass is 9.87. The zero-order chi connectivity index (χ0) is 28.7. The summed E-state index contributed by atoms with van der Waals surface area (Å²) in [5.74, 6) is 2.11. The van der Waals surface area contributed by atoms with Gasteiger partial charge < -0.3 is 19.2 Å². The van der Waals surface area contributed by atoms with Crippen molar-refractivity contribution in [3.8, 4) is 17.2 Å². The second-order valence-electron chi connectivity index (χ2n) is 10.8. The largest absolute Gasteiger partial charge is 0.467 e. The summed E-state index contributed by atoms with van der Waals surface area (Å²) < 4.78 is 18.3. The zero-order valence-corrected chi connectivity index (χ0v) is 24.4. The fourth-order valence-corrected chi connectivity index (χ4v) is 6.41. The van der Waals surface area contributed by atoms with Crippen molar-refractivity contribution in [2.45, 2.75) is 38.0 Å². The summed E-state index contributed by atoms with van der Waals surface area (Å²) in [6, 6.07) is 16.7. The van der Waals surface area contributed by atoms with Crippen LogP contribution in [0.5, 0.6) is 11.5 Å². The van der Waals surface area contributed by atoms with Gasteiger partial charge in [0.25, 0.3) is 0 Å². The monoisotopic (exact) mass is 592 g/mol. The quantitative estimate of drug-likeness (QED) is 0.310. The van der Waals surface area contributed by atoms with Crippen LogP contribution in [0.1, 0.15) is 48.6 Å². The topological polar surface area (TPSA) is 98.8 Å². The van der Waals surface area contributed by atoms with Gasteiger partial charge in [-0.25, -0.2) is 4.68 Å². The van der Waals surface area contributed by atoms with Crippen LogP contribution in [0.3, 0.4) is 0 Å². The van der Waals surface area contributed by atoms with Crippen molar-refractivity contribution in [2.75, 3.05) is 24.0 Å². The van der Waals surface area contributed by atoms with E-state index in [1.165, 1.54) is 16.7 Å². The van der Waals surface area contributed by atoms with Crippen LogP contribution in [0.15, 0.2) is 65.3 Å². The van der Waals surface area contributed by atoms with Crippen molar-refractivity contribution in [3.63, 3.8) is 0 Å². The van der Waals surface area contributed by atoms with Gasteiger partial charge in [0.05, 0.1) is 40.2 Å². The molecule has 0 bridgehead atoms. The highest BCUT2D eigenvalue weighted by Gasteiger charge is 2.40. The molecule has 41 heavy (non-hydrogen) atoms. The highest BCUT2D eigenvalue weighted by molar-refractivity contribution is 8.00. The molecule has 2 aliphatic heterocycles. The highest BCUT2D eigenvalue weighted by atomic mass is 35.5. The summed E-state index contributed by atoms with van der Waals surface area (Å²) in [5.41, 5.74) is 2.82. The molecule has 0 saturated heterocycles. The molecule has 4 aromatic rings. The molecule has 0 spiro atoms. The van der Waals surface area contributed by atoms with Gasteiger partial charge in [0.2, 0.25) is 18.6 Å². The molecule has 0 radical (unpaired) electrons. The predicted octanol–water partition coefficient (Wildman–Crippen LogP) is 5.63. The number of anilines is 1. The summed E-state index contributed by atoms with van der Waals surface area (Å²) in [4.78, 5) is 28.6. The molecule has 6 rings (SSSR count). The number of furan rings is 1. The number of thioether (sulfide) groups is 1. The van der Waals surface area contributed by atoms with Crippen molar-refractivity contribution >= 4 is 41.0 Å². The third-order valence-electron chi connectivity index (χ3n) is 6.92. The molecule has 0 aliphatic carbocycles. The number of ether oxygens (including phenoxy) is 2. The minimum Gasteiger partial charge on any atom is -0.467 e. The Hall–Kier alpha value is -3.89. The second-order valence-corrected chi connectivity index (χ2v) is 12.3. The molecule has 2 aliphatic rings. The predicted molar refractivity (Wildman–Crippen MR) is 157 cm³/mol. The van der Waals surface area contributed by atoms with Gasteiger partial charge in [-0.05, 0) is 42.0 Å². The Morgan fingerprint density at radius 3 is 2.68 bits per heavy atom. The van der Waals surface area contributed by atoms with Gasteiger partial charge in [0.1, 0.15) is 18.1 Å². The first-order valence-corrected chi connectivity index (χ1v) is 14.6. The Kier molecular flexibility index (Phi) is 7.21. The third-order valence-corrected chi connectivity index (χ3v) is 8.50. The van der Waals surface area contributed by atoms with E-state index in [1.807, 2.05) is 36.4 Å². The van der Waals surface area contributed by atoms with Crippen LogP contribution in [0.4, 0.5) is 5.82 Å². The summed E-state index contributed by atoms with van der Waals surface area (Å²) in [5, 5.41) is 8.15. The number of hydrogen-bond donors (Lipinski definition) is 1. The number of carbonyl (C=O) groups excluding carboxylic acids is 2. The van der Waals surface area contributed by atoms with Gasteiger partial charge in [0.15, 0.2) is 11.5 Å². The summed E-state index contributed by atoms with van der Waals surface area (Å²) >= 11 is 8.19. The Balaban J connectivity index is 1.51. The first-order valence-electron chi connectivity index (χ1n) is 13.2. The van der Waals surface area contributed by atoms with Crippen molar-refractivity contribution in [3.05, 3.63) is 88.5 Å². The SMILES string of the molecule is CC(C)(C)c1nn(-c2ccccc2Cl)c2c1C(c1ccc3c(c1)OCO3)SCC(=O)N2CC(=O)NCc1ccco1. The number of amides is 2. The van der Waals surface area contributed by atoms with Crippen LogP contribution in [-0.4, -0.2) is 40.7 Å². The summed E-state index contributed by atoms with van der Waals surface area (Å²) in [6.45, 7) is 6.44. The molecule has 1 atom stereocenters. The lowest BCUT2D eigenvalue weighted by Crippen LogP contribution is -2.42. The Morgan fingerprint density at radius 2 is 1.93 bits per heavy atom. The van der Waals surface area contributed by atoms with E-state index in [-0.39, 0.29) is 42.7 Å². The van der Waals surface area contributed by atoms with Crippen LogP contribution in [0, 0.1) is 0 Å². The van der Waals surface area contributed by atoms with E-state index in [0.717, 1.165) is 16.8 Å². The molecule has 1 N–H and O–H groups in total. The van der Waals surface area contributed by atoms with Gasteiger partial charge in [-0.1, -0.05) is 50.6 Å². The van der Waals surface area contributed by atoms with Crippen molar-refractivity contribution in [2.24, 2.45) is 0 Å². The normalized spacial score (nSPS) is 16.4. The van der Waals surface area contributed by atoms with Crippen LogP contribution in [-0.2, 0) is 21.5 Å². The van der Waals surface area contributed by atoms with E-state index in [4.69, 9.17) is 30.6 Å². The number of nitrogens with zero attached hydrogens (tertiary/aromatic N) is 3. The van der Waals surface area contributed by atoms with E-state index < -0.39 is 5.41 Å². The van der Waals surface area contributed by atoms with Gasteiger partial charge >= 0.3 is 0 Å². The zero-order valence-electron chi connectivity index (χ0n) is 22.8. The van der Waals surface area contributed by atoms with Crippen LogP contribution < -0.4 is 19.7 Å². The van der Waals surface area contributed by atoms with E-state index in [1.54, 1.807) is 29.1 Å². The Morgan fingerprint density at radius 1 is 1.12 bits per heavy atom. The maximum atomic E-state index is 13.8. The maximum Gasteiger partial charge on any atom is 0.240 e. The van der Waals surface area contributed by atoms with E-state index in [9.17, 15) is 9.59 Å². The number of para-hydroxylation sites is 1. The number of carbonyl (C=O) groups is 2. The molecular weight excluding hydrogens is 564 g/mol. The number of fused-ring (bicyclic) bond motifs is 2. The molecular formula is C30H29ClN4O5S. The average Bonchev–Trinajstić information content (AvgIpc) is 3.69. The van der Waals surface area contributed by atoms with Gasteiger partial charge in [-0.2, -0.15) is 5.10 Å². The van der Waals surface area contributed by atoms with Crippen LogP contribution in [0.2, 0.25) is 5.02 Å². The first kappa shape index (κ1) is 27.3. The third kappa shape index (κ3) is 5.29. The first-order chi connectivity index (χ1) is 19.7. The van der Waals surface area contributed by atoms with E-state index in [2.05, 4.69) is 26.1 Å². The Bertz CT molecular complexity index is 1610. The van der Waals surface area contributed by atoms with Crippen molar-refractivity contribution < 1.29 is 23.5 Å². The second kappa shape index (κ2) is 10.8. The Labute approximate surface area is 246 Å². The number of nitrogens with one attached hydrogen (secondary N) is 1. The molecule has 2 amide bonds. The van der Waals surface area contributed by atoms with Gasteiger partial charge in [-0.15, -0.1) is 11.8 Å². The number of aromatic nitrogens is 2. The molecule has 9 nitrogen and oxygen atoms in total. The maximum absolute atomic E-state index is 13.8. The van der Waals surface area contributed by atoms with Gasteiger partial charge in [-0.3, -0.25) is 14.5 Å². The smallest absolute Gasteiger partial charge is 0.240 e. The fourth-order valence-electron chi connectivity index (χ4n) is 5.00. The molecule has 0 saturated carbocycles. The lowest BCUT2D eigenvalue weighted by Gasteiger charge is -2.24. The van der Waals surface area contributed by atoms with E-state index >= 15 is 0 Å². The summed E-state index contributed by atoms with van der Waals surface area (Å²) in [7, 11) is 0. The van der Waals surface area contributed by atoms with E-state index in [0.29, 0.717) is 33.8 Å². The van der Waals surface area contributed by atoms with Crippen LogP contribution in [0.25, 0.3) is 5.69 Å². The van der Waals surface area contributed by atoms with Crippen molar-refractivity contribution in [1.82, 2.24) is 15.1 Å². The fraction of sp³-hybridized carbons (Fsp3) is 0.300. The molecule has 2 aromatic carbocycles. The minimum atomic E-state index is -0.396. The van der Waals surface area contributed by atoms with Gasteiger partial charge in [0, 0.05) is 11.0 Å². The molecule has 2 aromatic heterocycles. The molecule has 212 valence electrons. The van der Waals surface area contributed by atoms with Crippen molar-refractivity contribution in [1.29, 1.82) is 0 Å². The number of rotatable bonds is 6.